The van der Waals surface area contributed by atoms with E-state index in [1.165, 1.54) is 10.8 Å². The third kappa shape index (κ3) is 1.71. The van der Waals surface area contributed by atoms with E-state index in [0.717, 1.165) is 11.0 Å². The van der Waals surface area contributed by atoms with Gasteiger partial charge in [0.1, 0.15) is 12.0 Å². The monoisotopic (exact) mass is 270 g/mol. The smallest absolute Gasteiger partial charge is 0.328 e. The Kier molecular flexibility index (Phi) is 2.64. The molecule has 20 heavy (non-hydrogen) atoms. The molecule has 0 unspecified atom stereocenters. The normalized spacial score (nSPS) is 11.2. The predicted molar refractivity (Wildman–Crippen MR) is 75.0 cm³/mol. The minimum atomic E-state index is -0.111. The number of rotatable bonds is 2. The van der Waals surface area contributed by atoms with Crippen molar-refractivity contribution < 1.29 is 9.21 Å². The zero-order valence-corrected chi connectivity index (χ0v) is 11.5. The number of furan rings is 1. The second kappa shape index (κ2) is 4.23. The molecule has 2 heterocycles. The van der Waals surface area contributed by atoms with Crippen LogP contribution in [0.3, 0.4) is 0 Å². The number of ketones is 1. The molecule has 0 bridgehead atoms. The van der Waals surface area contributed by atoms with Gasteiger partial charge in [-0.15, -0.1) is 0 Å². The van der Waals surface area contributed by atoms with Crippen molar-refractivity contribution in [1.29, 1.82) is 0 Å². The second-order valence-corrected chi connectivity index (χ2v) is 4.88. The molecule has 0 spiro atoms. The van der Waals surface area contributed by atoms with Crippen molar-refractivity contribution in [3.05, 3.63) is 57.9 Å². The van der Waals surface area contributed by atoms with Gasteiger partial charge in [-0.3, -0.25) is 13.9 Å². The molecule has 0 N–H and O–H groups in total. The van der Waals surface area contributed by atoms with Gasteiger partial charge in [0, 0.05) is 19.7 Å². The lowest BCUT2D eigenvalue weighted by Crippen LogP contribution is -2.19. The van der Waals surface area contributed by atoms with Gasteiger partial charge in [0.05, 0.1) is 16.6 Å². The minimum Gasteiger partial charge on any atom is -0.469 e. The van der Waals surface area contributed by atoms with Crippen LogP contribution < -0.4 is 5.69 Å². The summed E-state index contributed by atoms with van der Waals surface area (Å²) in [6.07, 6.45) is 1.45. The number of carbonyl (C=O) groups is 1. The van der Waals surface area contributed by atoms with Gasteiger partial charge in [-0.2, -0.15) is 0 Å². The molecule has 102 valence electrons. The Morgan fingerprint density at radius 3 is 2.40 bits per heavy atom. The third-order valence-electron chi connectivity index (χ3n) is 3.53. The fourth-order valence-corrected chi connectivity index (χ4v) is 2.38. The maximum absolute atomic E-state index is 12.4. The summed E-state index contributed by atoms with van der Waals surface area (Å²) in [7, 11) is 3.41. The van der Waals surface area contributed by atoms with Gasteiger partial charge in [-0.1, -0.05) is 0 Å². The largest absolute Gasteiger partial charge is 0.469 e. The lowest BCUT2D eigenvalue weighted by atomic mass is 10.1. The fraction of sp³-hybridized carbons (Fsp3) is 0.200. The van der Waals surface area contributed by atoms with Crippen LogP contribution in [0.5, 0.6) is 0 Å². The van der Waals surface area contributed by atoms with Crippen molar-refractivity contribution in [2.45, 2.75) is 6.92 Å². The highest BCUT2D eigenvalue weighted by Gasteiger charge is 2.14. The molecule has 0 saturated heterocycles. The number of fused-ring (bicyclic) bond motifs is 1. The van der Waals surface area contributed by atoms with E-state index in [1.54, 1.807) is 49.9 Å². The summed E-state index contributed by atoms with van der Waals surface area (Å²) >= 11 is 0. The van der Waals surface area contributed by atoms with Crippen molar-refractivity contribution in [2.24, 2.45) is 14.1 Å². The Bertz CT molecular complexity index is 880. The molecule has 0 radical (unpaired) electrons. The summed E-state index contributed by atoms with van der Waals surface area (Å²) in [6.45, 7) is 1.79. The summed E-state index contributed by atoms with van der Waals surface area (Å²) in [5, 5.41) is 0. The van der Waals surface area contributed by atoms with Crippen molar-refractivity contribution in [3.63, 3.8) is 0 Å². The zero-order valence-electron chi connectivity index (χ0n) is 11.5. The van der Waals surface area contributed by atoms with Crippen LogP contribution in [0.15, 0.2) is 39.7 Å². The topological polar surface area (TPSA) is 57.1 Å². The van der Waals surface area contributed by atoms with E-state index in [1.807, 2.05) is 0 Å². The van der Waals surface area contributed by atoms with Crippen LogP contribution in [0.4, 0.5) is 0 Å². The van der Waals surface area contributed by atoms with Crippen molar-refractivity contribution >= 4 is 16.8 Å². The number of imidazole rings is 1. The highest BCUT2D eigenvalue weighted by Crippen LogP contribution is 2.18. The summed E-state index contributed by atoms with van der Waals surface area (Å²) in [4.78, 5) is 24.2. The first-order valence-corrected chi connectivity index (χ1v) is 6.24. The Labute approximate surface area is 115 Å². The van der Waals surface area contributed by atoms with Gasteiger partial charge in [0.15, 0.2) is 5.78 Å². The average molecular weight is 270 g/mol. The lowest BCUT2D eigenvalue weighted by Gasteiger charge is -2.00. The van der Waals surface area contributed by atoms with E-state index >= 15 is 0 Å². The summed E-state index contributed by atoms with van der Waals surface area (Å²) in [5.41, 5.74) is 2.49. The standard InChI is InChI=1S/C15H14N2O3/c1-9-6-11(8-20-9)14(18)10-4-5-12-13(7-10)17(3)15(19)16(12)2/h4-8H,1-3H3. The van der Waals surface area contributed by atoms with Crippen molar-refractivity contribution in [3.8, 4) is 0 Å². The summed E-state index contributed by atoms with van der Waals surface area (Å²) in [5.74, 6) is 0.585. The summed E-state index contributed by atoms with van der Waals surface area (Å²) in [6, 6.07) is 6.96. The van der Waals surface area contributed by atoms with E-state index < -0.39 is 0 Å². The highest BCUT2D eigenvalue weighted by molar-refractivity contribution is 6.10. The van der Waals surface area contributed by atoms with Crippen molar-refractivity contribution in [2.75, 3.05) is 0 Å². The lowest BCUT2D eigenvalue weighted by molar-refractivity contribution is 0.103. The van der Waals surface area contributed by atoms with Crippen LogP contribution in [0, 0.1) is 6.92 Å². The zero-order chi connectivity index (χ0) is 14.4. The van der Waals surface area contributed by atoms with Gasteiger partial charge in [0.25, 0.3) is 0 Å². The molecule has 0 aliphatic rings. The molecule has 0 aliphatic heterocycles. The first-order chi connectivity index (χ1) is 9.49. The number of benzene rings is 1. The molecule has 5 heteroatoms. The molecule has 3 aromatic rings. The highest BCUT2D eigenvalue weighted by atomic mass is 16.3. The van der Waals surface area contributed by atoms with E-state index in [4.69, 9.17) is 4.42 Å². The molecular formula is C15H14N2O3. The maximum Gasteiger partial charge on any atom is 0.328 e. The van der Waals surface area contributed by atoms with Gasteiger partial charge in [0.2, 0.25) is 0 Å². The Balaban J connectivity index is 2.16. The number of aromatic nitrogens is 2. The SMILES string of the molecule is Cc1cc(C(=O)c2ccc3c(c2)n(C)c(=O)n3C)co1. The molecule has 3 rings (SSSR count). The number of nitrogens with zero attached hydrogens (tertiary/aromatic N) is 2. The van der Waals surface area contributed by atoms with Crippen LogP contribution in [0.1, 0.15) is 21.7 Å². The molecule has 0 atom stereocenters. The molecule has 2 aromatic heterocycles. The molecule has 0 aliphatic carbocycles. The predicted octanol–water partition coefficient (Wildman–Crippen LogP) is 2.01. The number of aryl methyl sites for hydroxylation is 3. The third-order valence-corrected chi connectivity index (χ3v) is 3.53. The Hall–Kier alpha value is -2.56. The van der Waals surface area contributed by atoms with Gasteiger partial charge in [-0.25, -0.2) is 4.79 Å². The van der Waals surface area contributed by atoms with Crippen LogP contribution in [0.2, 0.25) is 0 Å². The van der Waals surface area contributed by atoms with Gasteiger partial charge in [-0.05, 0) is 31.2 Å². The van der Waals surface area contributed by atoms with Crippen LogP contribution in [-0.4, -0.2) is 14.9 Å². The van der Waals surface area contributed by atoms with E-state index in [-0.39, 0.29) is 11.5 Å². The quantitative estimate of drug-likeness (QED) is 0.669. The van der Waals surface area contributed by atoms with Gasteiger partial charge >= 0.3 is 5.69 Å². The Morgan fingerprint density at radius 1 is 1.05 bits per heavy atom. The number of hydrogen-bond acceptors (Lipinski definition) is 3. The van der Waals surface area contributed by atoms with Crippen LogP contribution >= 0.6 is 0 Å². The fourth-order valence-electron chi connectivity index (χ4n) is 2.38. The molecular weight excluding hydrogens is 256 g/mol. The summed E-state index contributed by atoms with van der Waals surface area (Å²) < 4.78 is 8.26. The number of carbonyl (C=O) groups excluding carboxylic acids is 1. The van der Waals surface area contributed by atoms with Crippen LogP contribution in [-0.2, 0) is 14.1 Å². The molecule has 5 nitrogen and oxygen atoms in total. The molecule has 0 fully saturated rings. The molecule has 1 aromatic carbocycles. The first-order valence-electron chi connectivity index (χ1n) is 6.24. The second-order valence-electron chi connectivity index (χ2n) is 4.88. The van der Waals surface area contributed by atoms with E-state index in [9.17, 15) is 9.59 Å². The van der Waals surface area contributed by atoms with E-state index in [2.05, 4.69) is 0 Å². The van der Waals surface area contributed by atoms with E-state index in [0.29, 0.717) is 16.9 Å². The number of hydrogen-bond donors (Lipinski definition) is 0. The average Bonchev–Trinajstić information content (AvgIpc) is 2.97. The first kappa shape index (κ1) is 12.5. The van der Waals surface area contributed by atoms with Crippen LogP contribution in [0.25, 0.3) is 11.0 Å². The van der Waals surface area contributed by atoms with Gasteiger partial charge < -0.3 is 4.42 Å². The Morgan fingerprint density at radius 2 is 1.75 bits per heavy atom. The molecule has 0 amide bonds. The maximum atomic E-state index is 12.4. The van der Waals surface area contributed by atoms with Crippen molar-refractivity contribution in [1.82, 2.24) is 9.13 Å². The molecule has 0 saturated carbocycles. The minimum absolute atomic E-state index is 0.108.